The average molecular weight is 487 g/mol. The third kappa shape index (κ3) is 5.32. The van der Waals surface area contributed by atoms with E-state index >= 15 is 0 Å². The molecule has 0 radical (unpaired) electrons. The number of anilines is 1. The Bertz CT molecular complexity index is 1290. The summed E-state index contributed by atoms with van der Waals surface area (Å²) in [5.41, 5.74) is 5.62. The number of thiazole rings is 1. The highest BCUT2D eigenvalue weighted by Crippen LogP contribution is 2.36. The summed E-state index contributed by atoms with van der Waals surface area (Å²) >= 11 is 1.62. The van der Waals surface area contributed by atoms with E-state index < -0.39 is 0 Å². The van der Waals surface area contributed by atoms with Gasteiger partial charge in [-0.1, -0.05) is 25.2 Å². The van der Waals surface area contributed by atoms with Gasteiger partial charge in [-0.3, -0.25) is 4.98 Å². The smallest absolute Gasteiger partial charge is 0.183 e. The summed E-state index contributed by atoms with van der Waals surface area (Å²) in [6.07, 6.45) is 11.5. The molecule has 0 bridgehead atoms. The maximum absolute atomic E-state index is 6.23. The van der Waals surface area contributed by atoms with Crippen molar-refractivity contribution in [1.29, 1.82) is 0 Å². The van der Waals surface area contributed by atoms with Gasteiger partial charge in [-0.2, -0.15) is 0 Å². The number of aryl methyl sites for hydroxylation is 2. The fourth-order valence-corrected chi connectivity index (χ4v) is 4.99. The highest BCUT2D eigenvalue weighted by Gasteiger charge is 2.23. The van der Waals surface area contributed by atoms with Crippen molar-refractivity contribution in [2.24, 2.45) is 0 Å². The Morgan fingerprint density at radius 2 is 1.69 bits per heavy atom. The van der Waals surface area contributed by atoms with Crippen molar-refractivity contribution < 1.29 is 4.74 Å². The van der Waals surface area contributed by atoms with Crippen LogP contribution >= 0.6 is 11.3 Å². The monoisotopic (exact) mass is 486 g/mol. The number of benzene rings is 1. The molecule has 3 aromatic heterocycles. The van der Waals surface area contributed by atoms with E-state index in [4.69, 9.17) is 14.7 Å². The van der Waals surface area contributed by atoms with Crippen LogP contribution in [0.4, 0.5) is 5.13 Å². The van der Waals surface area contributed by atoms with Crippen molar-refractivity contribution in [3.05, 3.63) is 54.1 Å². The van der Waals surface area contributed by atoms with Gasteiger partial charge >= 0.3 is 0 Å². The van der Waals surface area contributed by atoms with Gasteiger partial charge in [-0.15, -0.1) is 0 Å². The van der Waals surface area contributed by atoms with Gasteiger partial charge in [-0.25, -0.2) is 19.9 Å². The van der Waals surface area contributed by atoms with Gasteiger partial charge in [0.2, 0.25) is 0 Å². The first-order valence-corrected chi connectivity index (χ1v) is 13.0. The number of ether oxygens (including phenoxy) is 1. The number of hydrogen-bond donors (Lipinski definition) is 1. The molecular weight excluding hydrogens is 456 g/mol. The maximum Gasteiger partial charge on any atom is 0.183 e. The number of rotatable bonds is 9. The van der Waals surface area contributed by atoms with Crippen LogP contribution in [-0.2, 0) is 0 Å². The minimum absolute atomic E-state index is 0.221. The van der Waals surface area contributed by atoms with E-state index in [0.29, 0.717) is 17.6 Å². The summed E-state index contributed by atoms with van der Waals surface area (Å²) in [6, 6.07) is 6.81. The van der Waals surface area contributed by atoms with Crippen LogP contribution in [0.15, 0.2) is 43.0 Å². The minimum Gasteiger partial charge on any atom is -0.490 e. The molecule has 0 spiro atoms. The minimum atomic E-state index is 0.221. The van der Waals surface area contributed by atoms with Gasteiger partial charge in [0.1, 0.15) is 11.4 Å². The molecule has 1 aromatic carbocycles. The molecule has 0 aliphatic heterocycles. The quantitative estimate of drug-likeness (QED) is 0.290. The normalized spacial score (nSPS) is 13.3. The molecular formula is C27H30N6OS. The van der Waals surface area contributed by atoms with Gasteiger partial charge in [0.05, 0.1) is 28.6 Å². The molecule has 0 amide bonds. The van der Waals surface area contributed by atoms with E-state index in [9.17, 15) is 0 Å². The van der Waals surface area contributed by atoms with Crippen molar-refractivity contribution in [2.75, 3.05) is 5.32 Å². The summed E-state index contributed by atoms with van der Waals surface area (Å²) in [4.78, 5) is 24.0. The van der Waals surface area contributed by atoms with Crippen LogP contribution in [0, 0.1) is 13.8 Å². The molecule has 180 valence electrons. The molecule has 1 aliphatic rings. The van der Waals surface area contributed by atoms with Gasteiger partial charge in [0, 0.05) is 30.2 Å². The molecule has 35 heavy (non-hydrogen) atoms. The van der Waals surface area contributed by atoms with Gasteiger partial charge in [0.25, 0.3) is 0 Å². The van der Waals surface area contributed by atoms with Crippen molar-refractivity contribution in [1.82, 2.24) is 24.9 Å². The zero-order valence-electron chi connectivity index (χ0n) is 20.6. The molecule has 1 aliphatic carbocycles. The Morgan fingerprint density at radius 3 is 2.34 bits per heavy atom. The number of hydrogen-bond acceptors (Lipinski definition) is 8. The Labute approximate surface area is 210 Å². The lowest BCUT2D eigenvalue weighted by Gasteiger charge is -2.19. The third-order valence-corrected chi connectivity index (χ3v) is 7.11. The Hall–Kier alpha value is -3.39. The summed E-state index contributed by atoms with van der Waals surface area (Å²) in [6.45, 7) is 8.53. The SMILES string of the molecule is CCC(CC)Oc1cc(C)c(-c2cc(-c3cnc(NC4CC4)s3)nc(-c3cnccn3)n2)c(C)c1. The van der Waals surface area contributed by atoms with Crippen LogP contribution in [0.25, 0.3) is 33.3 Å². The summed E-state index contributed by atoms with van der Waals surface area (Å²) < 4.78 is 6.23. The summed E-state index contributed by atoms with van der Waals surface area (Å²) in [5.74, 6) is 1.45. The third-order valence-electron chi connectivity index (χ3n) is 6.16. The van der Waals surface area contributed by atoms with Crippen LogP contribution in [-0.4, -0.2) is 37.1 Å². The van der Waals surface area contributed by atoms with E-state index in [0.717, 1.165) is 56.7 Å². The first kappa shape index (κ1) is 23.4. The van der Waals surface area contributed by atoms with E-state index in [-0.39, 0.29) is 6.10 Å². The predicted octanol–water partition coefficient (Wildman–Crippen LogP) is 6.48. The second kappa shape index (κ2) is 10.1. The average Bonchev–Trinajstić information content (AvgIpc) is 3.56. The van der Waals surface area contributed by atoms with Crippen molar-refractivity contribution in [3.63, 3.8) is 0 Å². The van der Waals surface area contributed by atoms with E-state index in [1.54, 1.807) is 29.9 Å². The summed E-state index contributed by atoms with van der Waals surface area (Å²) in [5, 5.41) is 4.41. The second-order valence-corrected chi connectivity index (χ2v) is 10.0. The molecule has 8 heteroatoms. The van der Waals surface area contributed by atoms with Gasteiger partial charge in [0.15, 0.2) is 11.0 Å². The summed E-state index contributed by atoms with van der Waals surface area (Å²) in [7, 11) is 0. The molecule has 0 atom stereocenters. The van der Waals surface area contributed by atoms with Crippen molar-refractivity contribution >= 4 is 16.5 Å². The number of nitrogens with one attached hydrogen (secondary N) is 1. The fraction of sp³-hybridized carbons (Fsp3) is 0.370. The van der Waals surface area contributed by atoms with Gasteiger partial charge in [-0.05, 0) is 68.9 Å². The molecule has 4 aromatic rings. The molecule has 0 unspecified atom stereocenters. The molecule has 1 N–H and O–H groups in total. The molecule has 7 nitrogen and oxygen atoms in total. The number of nitrogens with zero attached hydrogens (tertiary/aromatic N) is 5. The maximum atomic E-state index is 6.23. The van der Waals surface area contributed by atoms with Crippen LogP contribution < -0.4 is 10.1 Å². The number of aromatic nitrogens is 5. The molecule has 1 fully saturated rings. The van der Waals surface area contributed by atoms with Crippen LogP contribution in [0.1, 0.15) is 50.7 Å². The predicted molar refractivity (Wildman–Crippen MR) is 141 cm³/mol. The van der Waals surface area contributed by atoms with E-state index in [1.165, 1.54) is 12.8 Å². The van der Waals surface area contributed by atoms with Gasteiger partial charge < -0.3 is 10.1 Å². The van der Waals surface area contributed by atoms with Crippen LogP contribution in [0.2, 0.25) is 0 Å². The first-order valence-electron chi connectivity index (χ1n) is 12.2. The van der Waals surface area contributed by atoms with Crippen LogP contribution in [0.3, 0.4) is 0 Å². The molecule has 0 saturated heterocycles. The molecule has 5 rings (SSSR count). The largest absolute Gasteiger partial charge is 0.490 e. The lowest BCUT2D eigenvalue weighted by atomic mass is 9.98. The highest BCUT2D eigenvalue weighted by atomic mass is 32.1. The Kier molecular flexibility index (Phi) is 6.72. The standard InChI is InChI=1S/C27H30N6OS/c1-5-19(6-2)34-20-11-16(3)25(17(4)12-20)22-13-21(24-15-30-27(35-24)31-18-7-8-18)32-26(33-22)23-14-28-9-10-29-23/h9-15,18-19H,5-8H2,1-4H3,(H,30,31). The van der Waals surface area contributed by atoms with E-state index in [2.05, 4.69) is 60.1 Å². The molecule has 3 heterocycles. The second-order valence-electron chi connectivity index (χ2n) is 8.99. The topological polar surface area (TPSA) is 85.7 Å². The fourth-order valence-electron chi connectivity index (χ4n) is 4.14. The zero-order chi connectivity index (χ0) is 24.4. The lowest BCUT2D eigenvalue weighted by molar-refractivity contribution is 0.192. The van der Waals surface area contributed by atoms with Crippen molar-refractivity contribution in [3.8, 4) is 39.1 Å². The zero-order valence-corrected chi connectivity index (χ0v) is 21.4. The lowest BCUT2D eigenvalue weighted by Crippen LogP contribution is -2.13. The van der Waals surface area contributed by atoms with Crippen LogP contribution in [0.5, 0.6) is 5.75 Å². The first-order chi connectivity index (χ1) is 17.0. The van der Waals surface area contributed by atoms with Crippen molar-refractivity contribution in [2.45, 2.75) is 65.5 Å². The van der Waals surface area contributed by atoms with E-state index in [1.807, 2.05) is 12.3 Å². The Morgan fingerprint density at radius 1 is 0.943 bits per heavy atom. The molecule has 1 saturated carbocycles. The Balaban J connectivity index is 1.57. The highest BCUT2D eigenvalue weighted by molar-refractivity contribution is 7.18.